The van der Waals surface area contributed by atoms with Gasteiger partial charge in [0.2, 0.25) is 11.8 Å². The number of hydrogen-bond acceptors (Lipinski definition) is 4. The summed E-state index contributed by atoms with van der Waals surface area (Å²) in [6.07, 6.45) is 4.59. The molecule has 0 saturated heterocycles. The molecule has 0 radical (unpaired) electrons. The minimum Gasteiger partial charge on any atom is -0.480 e. The summed E-state index contributed by atoms with van der Waals surface area (Å²) in [4.78, 5) is 44.6. The van der Waals surface area contributed by atoms with Crippen LogP contribution in [0.1, 0.15) is 31.4 Å². The van der Waals surface area contributed by atoms with Crippen molar-refractivity contribution >= 4 is 39.6 Å². The predicted octanol–water partition coefficient (Wildman–Crippen LogP) is 2.86. The molecular weight excluding hydrogens is 470 g/mol. The van der Waals surface area contributed by atoms with Gasteiger partial charge in [-0.05, 0) is 35.6 Å². The highest BCUT2D eigenvalue weighted by atomic mass is 16.4. The van der Waals surface area contributed by atoms with Gasteiger partial charge in [-0.15, -0.1) is 0 Å². The average molecular weight is 504 g/mol. The zero-order valence-corrected chi connectivity index (χ0v) is 21.0. The van der Waals surface area contributed by atoms with Crippen LogP contribution in [0.15, 0.2) is 60.9 Å². The number of carboxylic acid groups (broad SMARTS) is 1. The van der Waals surface area contributed by atoms with E-state index < -0.39 is 35.9 Å². The lowest BCUT2D eigenvalue weighted by Crippen LogP contribution is -2.57. The van der Waals surface area contributed by atoms with Gasteiger partial charge in [-0.2, -0.15) is 0 Å². The van der Waals surface area contributed by atoms with Crippen LogP contribution >= 0.6 is 0 Å². The normalized spacial score (nSPS) is 14.7. The van der Waals surface area contributed by atoms with Crippen LogP contribution < -0.4 is 16.4 Å². The highest BCUT2D eigenvalue weighted by Gasteiger charge is 2.31. The number of carbonyl (C=O) groups excluding carboxylic acids is 2. The zero-order valence-electron chi connectivity index (χ0n) is 21.0. The number of rotatable bonds is 11. The monoisotopic (exact) mass is 503 g/mol. The lowest BCUT2D eigenvalue weighted by atomic mass is 9.96. The summed E-state index contributed by atoms with van der Waals surface area (Å²) < 4.78 is 0. The second-order valence-corrected chi connectivity index (χ2v) is 9.50. The molecule has 0 saturated carbocycles. The van der Waals surface area contributed by atoms with Crippen molar-refractivity contribution < 1.29 is 19.5 Å². The smallest absolute Gasteiger partial charge is 0.326 e. The number of aromatic nitrogens is 2. The standard InChI is InChI=1S/C28H33N5O4/c1-3-16(2)25(33-26(34)21(29)12-17-14-30-22-10-6-4-8-19(17)22)27(35)32-24(28(36)37)13-18-15-31-23-11-7-5-9-20(18)23/h4-11,14-16,21,24-25,30-31H,3,12-13,29H2,1-2H3,(H,32,35)(H,33,34)(H,36,37)/t16-,21-,24-,25-/m0/s1. The van der Waals surface area contributed by atoms with Crippen molar-refractivity contribution in [2.75, 3.05) is 0 Å². The topological polar surface area (TPSA) is 153 Å². The van der Waals surface area contributed by atoms with E-state index in [4.69, 9.17) is 5.73 Å². The van der Waals surface area contributed by atoms with Gasteiger partial charge in [0.05, 0.1) is 6.04 Å². The van der Waals surface area contributed by atoms with Crippen LogP contribution in [0.2, 0.25) is 0 Å². The van der Waals surface area contributed by atoms with Crippen molar-refractivity contribution in [3.8, 4) is 0 Å². The summed E-state index contributed by atoms with van der Waals surface area (Å²) in [5.41, 5.74) is 9.77. The first-order chi connectivity index (χ1) is 17.8. The molecule has 0 unspecified atom stereocenters. The van der Waals surface area contributed by atoms with Gasteiger partial charge in [-0.1, -0.05) is 56.7 Å². The molecule has 194 valence electrons. The van der Waals surface area contributed by atoms with E-state index >= 15 is 0 Å². The van der Waals surface area contributed by atoms with E-state index in [0.29, 0.717) is 12.8 Å². The molecule has 7 N–H and O–H groups in total. The fourth-order valence-electron chi connectivity index (χ4n) is 4.57. The first-order valence-electron chi connectivity index (χ1n) is 12.5. The molecule has 0 fully saturated rings. The second kappa shape index (κ2) is 11.3. The predicted molar refractivity (Wildman–Crippen MR) is 143 cm³/mol. The maximum Gasteiger partial charge on any atom is 0.326 e. The Kier molecular flexibility index (Phi) is 7.93. The number of aliphatic carboxylic acids is 1. The van der Waals surface area contributed by atoms with Crippen LogP contribution in [-0.2, 0) is 27.2 Å². The summed E-state index contributed by atoms with van der Waals surface area (Å²) in [6, 6.07) is 12.4. The van der Waals surface area contributed by atoms with Crippen molar-refractivity contribution in [2.45, 2.75) is 51.2 Å². The highest BCUT2D eigenvalue weighted by molar-refractivity contribution is 5.93. The fourth-order valence-corrected chi connectivity index (χ4v) is 4.57. The number of benzene rings is 2. The Labute approximate surface area is 214 Å². The van der Waals surface area contributed by atoms with E-state index in [0.717, 1.165) is 32.9 Å². The van der Waals surface area contributed by atoms with Crippen molar-refractivity contribution in [3.05, 3.63) is 72.1 Å². The maximum atomic E-state index is 13.3. The summed E-state index contributed by atoms with van der Waals surface area (Å²) in [5, 5.41) is 17.1. The van der Waals surface area contributed by atoms with Gasteiger partial charge in [0, 0.05) is 40.6 Å². The molecule has 0 aliphatic carbocycles. The quantitative estimate of drug-likeness (QED) is 0.186. The third-order valence-corrected chi connectivity index (χ3v) is 6.96. The molecule has 2 aromatic carbocycles. The molecule has 4 aromatic rings. The second-order valence-electron chi connectivity index (χ2n) is 9.50. The van der Waals surface area contributed by atoms with E-state index in [2.05, 4.69) is 20.6 Å². The number of aromatic amines is 2. The Morgan fingerprint density at radius 1 is 0.865 bits per heavy atom. The number of carboxylic acids is 1. The molecule has 0 bridgehead atoms. The van der Waals surface area contributed by atoms with E-state index in [-0.39, 0.29) is 12.3 Å². The number of nitrogens with two attached hydrogens (primary N) is 1. The third kappa shape index (κ3) is 5.83. The van der Waals surface area contributed by atoms with Gasteiger partial charge in [0.25, 0.3) is 0 Å². The van der Waals surface area contributed by atoms with Gasteiger partial charge in [0.1, 0.15) is 12.1 Å². The Bertz CT molecular complexity index is 1410. The van der Waals surface area contributed by atoms with Gasteiger partial charge in [-0.3, -0.25) is 9.59 Å². The van der Waals surface area contributed by atoms with Crippen molar-refractivity contribution in [1.29, 1.82) is 0 Å². The molecule has 4 atom stereocenters. The first-order valence-corrected chi connectivity index (χ1v) is 12.5. The van der Waals surface area contributed by atoms with Gasteiger partial charge >= 0.3 is 5.97 Å². The minimum absolute atomic E-state index is 0.104. The van der Waals surface area contributed by atoms with Crippen molar-refractivity contribution in [1.82, 2.24) is 20.6 Å². The molecule has 2 amide bonds. The lowest BCUT2D eigenvalue weighted by Gasteiger charge is -2.26. The fraction of sp³-hybridized carbons (Fsp3) is 0.321. The van der Waals surface area contributed by atoms with E-state index in [1.807, 2.05) is 68.6 Å². The number of carbonyl (C=O) groups is 3. The number of hydrogen-bond donors (Lipinski definition) is 6. The molecule has 9 nitrogen and oxygen atoms in total. The van der Waals surface area contributed by atoms with Crippen molar-refractivity contribution in [3.63, 3.8) is 0 Å². The van der Waals surface area contributed by atoms with Gasteiger partial charge < -0.3 is 31.4 Å². The zero-order chi connectivity index (χ0) is 26.5. The van der Waals surface area contributed by atoms with Crippen LogP contribution in [0.25, 0.3) is 21.8 Å². The Hall–Kier alpha value is -4.11. The molecule has 4 rings (SSSR count). The molecule has 9 heteroatoms. The number of nitrogens with one attached hydrogen (secondary N) is 4. The van der Waals surface area contributed by atoms with Crippen molar-refractivity contribution in [2.24, 2.45) is 11.7 Å². The maximum absolute atomic E-state index is 13.3. The van der Waals surface area contributed by atoms with Gasteiger partial charge in [-0.25, -0.2) is 4.79 Å². The van der Waals surface area contributed by atoms with Crippen LogP contribution in [0, 0.1) is 5.92 Å². The van der Waals surface area contributed by atoms with E-state index in [9.17, 15) is 19.5 Å². The molecular formula is C28H33N5O4. The van der Waals surface area contributed by atoms with Crippen LogP contribution in [0.3, 0.4) is 0 Å². The first kappa shape index (κ1) is 26.0. The molecule has 0 aliphatic rings. The largest absolute Gasteiger partial charge is 0.480 e. The Balaban J connectivity index is 1.45. The third-order valence-electron chi connectivity index (χ3n) is 6.96. The number of amides is 2. The minimum atomic E-state index is -1.16. The van der Waals surface area contributed by atoms with E-state index in [1.165, 1.54) is 0 Å². The summed E-state index contributed by atoms with van der Waals surface area (Å²) >= 11 is 0. The van der Waals surface area contributed by atoms with E-state index in [1.54, 1.807) is 6.20 Å². The highest BCUT2D eigenvalue weighted by Crippen LogP contribution is 2.20. The van der Waals surface area contributed by atoms with Crippen LogP contribution in [0.4, 0.5) is 0 Å². The summed E-state index contributed by atoms with van der Waals surface area (Å²) in [7, 11) is 0. The molecule has 0 spiro atoms. The Morgan fingerprint density at radius 2 is 1.41 bits per heavy atom. The summed E-state index contributed by atoms with van der Waals surface area (Å²) in [5.74, 6) is -2.39. The molecule has 2 aromatic heterocycles. The average Bonchev–Trinajstić information content (AvgIpc) is 3.50. The SMILES string of the molecule is CC[C@H](C)[C@H](NC(=O)[C@@H](N)Cc1c[nH]c2ccccc12)C(=O)N[C@@H](Cc1c[nH]c2ccccc12)C(=O)O. The lowest BCUT2D eigenvalue weighted by molar-refractivity contribution is -0.142. The van der Waals surface area contributed by atoms with Crippen LogP contribution in [-0.4, -0.2) is 51.0 Å². The van der Waals surface area contributed by atoms with Gasteiger partial charge in [0.15, 0.2) is 0 Å². The molecule has 2 heterocycles. The van der Waals surface area contributed by atoms with Crippen LogP contribution in [0.5, 0.6) is 0 Å². The number of fused-ring (bicyclic) bond motifs is 2. The molecule has 37 heavy (non-hydrogen) atoms. The Morgan fingerprint density at radius 3 is 1.95 bits per heavy atom. The number of H-pyrrole nitrogens is 2. The summed E-state index contributed by atoms with van der Waals surface area (Å²) in [6.45, 7) is 3.74. The molecule has 0 aliphatic heterocycles. The number of para-hydroxylation sites is 2.